The van der Waals surface area contributed by atoms with Crippen LogP contribution in [-0.4, -0.2) is 25.2 Å². The number of pyridine rings is 1. The van der Waals surface area contributed by atoms with Crippen molar-refractivity contribution >= 4 is 5.97 Å². The number of aromatic nitrogens is 1. The maximum absolute atomic E-state index is 11.9. The molecule has 0 aliphatic heterocycles. The van der Waals surface area contributed by atoms with Crippen LogP contribution in [0.3, 0.4) is 0 Å². The Kier molecular flexibility index (Phi) is 5.15. The van der Waals surface area contributed by atoms with Crippen molar-refractivity contribution < 1.29 is 19.0 Å². The zero-order chi connectivity index (χ0) is 15.1. The Hall–Kier alpha value is -2.56. The SMILES string of the molecule is COc1ccccc1CCC(=O)Oc1cccnc1OC. The largest absolute Gasteiger partial charge is 0.496 e. The normalized spacial score (nSPS) is 10.0. The predicted molar refractivity (Wildman–Crippen MR) is 77.7 cm³/mol. The molecule has 0 bridgehead atoms. The minimum atomic E-state index is -0.341. The summed E-state index contributed by atoms with van der Waals surface area (Å²) in [7, 11) is 3.09. The fourth-order valence-corrected chi connectivity index (χ4v) is 1.93. The number of rotatable bonds is 6. The van der Waals surface area contributed by atoms with Crippen LogP contribution in [-0.2, 0) is 11.2 Å². The minimum absolute atomic E-state index is 0.248. The van der Waals surface area contributed by atoms with Crippen molar-refractivity contribution in [2.45, 2.75) is 12.8 Å². The number of hydrogen-bond donors (Lipinski definition) is 0. The summed E-state index contributed by atoms with van der Waals surface area (Å²) in [5, 5.41) is 0. The number of hydrogen-bond acceptors (Lipinski definition) is 5. The summed E-state index contributed by atoms with van der Waals surface area (Å²) in [4.78, 5) is 15.9. The van der Waals surface area contributed by atoms with E-state index in [9.17, 15) is 4.79 Å². The number of benzene rings is 1. The number of esters is 1. The van der Waals surface area contributed by atoms with E-state index in [4.69, 9.17) is 14.2 Å². The first-order chi connectivity index (χ1) is 10.2. The Morgan fingerprint density at radius 1 is 1.05 bits per heavy atom. The van der Waals surface area contributed by atoms with Crippen LogP contribution in [0.15, 0.2) is 42.6 Å². The average Bonchev–Trinajstić information content (AvgIpc) is 2.53. The van der Waals surface area contributed by atoms with E-state index in [1.807, 2.05) is 24.3 Å². The quantitative estimate of drug-likeness (QED) is 0.764. The first-order valence-electron chi connectivity index (χ1n) is 6.56. The minimum Gasteiger partial charge on any atom is -0.496 e. The lowest BCUT2D eigenvalue weighted by molar-refractivity contribution is -0.134. The number of para-hydroxylation sites is 1. The molecule has 0 atom stereocenters. The highest BCUT2D eigenvalue weighted by molar-refractivity contribution is 5.73. The van der Waals surface area contributed by atoms with Gasteiger partial charge in [-0.15, -0.1) is 0 Å². The fraction of sp³-hybridized carbons (Fsp3) is 0.250. The third-order valence-corrected chi connectivity index (χ3v) is 2.94. The zero-order valence-electron chi connectivity index (χ0n) is 12.0. The van der Waals surface area contributed by atoms with Crippen LogP contribution in [0, 0.1) is 0 Å². The van der Waals surface area contributed by atoms with Gasteiger partial charge in [-0.1, -0.05) is 18.2 Å². The van der Waals surface area contributed by atoms with E-state index in [2.05, 4.69) is 4.98 Å². The molecule has 5 heteroatoms. The van der Waals surface area contributed by atoms with Gasteiger partial charge in [-0.05, 0) is 30.2 Å². The zero-order valence-corrected chi connectivity index (χ0v) is 12.0. The van der Waals surface area contributed by atoms with Gasteiger partial charge in [0, 0.05) is 6.20 Å². The second kappa shape index (κ2) is 7.28. The van der Waals surface area contributed by atoms with Crippen LogP contribution < -0.4 is 14.2 Å². The van der Waals surface area contributed by atoms with Crippen LogP contribution in [0.1, 0.15) is 12.0 Å². The molecule has 0 amide bonds. The standard InChI is InChI=1S/C16H17NO4/c1-19-13-7-4-3-6-12(13)9-10-15(18)21-14-8-5-11-17-16(14)20-2/h3-8,11H,9-10H2,1-2H3. The molecule has 0 fully saturated rings. The fourth-order valence-electron chi connectivity index (χ4n) is 1.93. The lowest BCUT2D eigenvalue weighted by Gasteiger charge is -2.09. The Bertz CT molecular complexity index is 613. The van der Waals surface area contributed by atoms with Gasteiger partial charge in [-0.25, -0.2) is 4.98 Å². The predicted octanol–water partition coefficient (Wildman–Crippen LogP) is 2.64. The number of carbonyl (C=O) groups excluding carboxylic acids is 1. The molecule has 5 nitrogen and oxygen atoms in total. The first kappa shape index (κ1) is 14.8. The lowest BCUT2D eigenvalue weighted by Crippen LogP contribution is -2.10. The van der Waals surface area contributed by atoms with Crippen molar-refractivity contribution in [2.24, 2.45) is 0 Å². The van der Waals surface area contributed by atoms with Crippen molar-refractivity contribution in [3.05, 3.63) is 48.2 Å². The van der Waals surface area contributed by atoms with Gasteiger partial charge < -0.3 is 14.2 Å². The molecule has 110 valence electrons. The number of aryl methyl sites for hydroxylation is 1. The molecular weight excluding hydrogens is 270 g/mol. The topological polar surface area (TPSA) is 57.7 Å². The van der Waals surface area contributed by atoms with Gasteiger partial charge in [0.1, 0.15) is 5.75 Å². The van der Waals surface area contributed by atoms with Crippen molar-refractivity contribution in [1.29, 1.82) is 0 Å². The average molecular weight is 287 g/mol. The summed E-state index contributed by atoms with van der Waals surface area (Å²) < 4.78 is 15.6. The monoisotopic (exact) mass is 287 g/mol. The van der Waals surface area contributed by atoms with Crippen molar-refractivity contribution in [3.8, 4) is 17.4 Å². The third kappa shape index (κ3) is 3.95. The second-order valence-corrected chi connectivity index (χ2v) is 4.30. The van der Waals surface area contributed by atoms with Crippen LogP contribution >= 0.6 is 0 Å². The van der Waals surface area contributed by atoms with E-state index < -0.39 is 0 Å². The molecule has 1 aromatic heterocycles. The van der Waals surface area contributed by atoms with Crippen LogP contribution in [0.5, 0.6) is 17.4 Å². The third-order valence-electron chi connectivity index (χ3n) is 2.94. The summed E-state index contributed by atoms with van der Waals surface area (Å²) in [6.45, 7) is 0. The van der Waals surface area contributed by atoms with Gasteiger partial charge in [-0.3, -0.25) is 4.79 Å². The van der Waals surface area contributed by atoms with Gasteiger partial charge in [0.2, 0.25) is 0 Å². The molecular formula is C16H17NO4. The van der Waals surface area contributed by atoms with E-state index in [1.165, 1.54) is 7.11 Å². The van der Waals surface area contributed by atoms with Crippen LogP contribution in [0.4, 0.5) is 0 Å². The molecule has 0 unspecified atom stereocenters. The van der Waals surface area contributed by atoms with Crippen molar-refractivity contribution in [3.63, 3.8) is 0 Å². The molecule has 0 aliphatic rings. The molecule has 0 N–H and O–H groups in total. The van der Waals surface area contributed by atoms with Gasteiger partial charge in [0.25, 0.3) is 5.88 Å². The number of ether oxygens (including phenoxy) is 3. The number of methoxy groups -OCH3 is 2. The summed E-state index contributed by atoms with van der Waals surface area (Å²) >= 11 is 0. The molecule has 0 radical (unpaired) electrons. The molecule has 1 aromatic carbocycles. The molecule has 21 heavy (non-hydrogen) atoms. The molecule has 2 rings (SSSR count). The Balaban J connectivity index is 1.96. The van der Waals surface area contributed by atoms with Gasteiger partial charge in [-0.2, -0.15) is 0 Å². The molecule has 0 aliphatic carbocycles. The Morgan fingerprint density at radius 3 is 2.57 bits per heavy atom. The Morgan fingerprint density at radius 2 is 1.81 bits per heavy atom. The molecule has 0 saturated carbocycles. The molecule has 1 heterocycles. The van der Waals surface area contributed by atoms with Gasteiger partial charge in [0.05, 0.1) is 20.6 Å². The summed E-state index contributed by atoms with van der Waals surface area (Å²) in [5.41, 5.74) is 0.968. The van der Waals surface area contributed by atoms with Crippen LogP contribution in [0.25, 0.3) is 0 Å². The van der Waals surface area contributed by atoms with E-state index in [-0.39, 0.29) is 12.4 Å². The Labute approximate surface area is 123 Å². The van der Waals surface area contributed by atoms with Gasteiger partial charge in [0.15, 0.2) is 5.75 Å². The van der Waals surface area contributed by atoms with E-state index in [0.29, 0.717) is 18.1 Å². The maximum Gasteiger partial charge on any atom is 0.311 e. The summed E-state index contributed by atoms with van der Waals surface area (Å²) in [5.74, 6) is 1.05. The smallest absolute Gasteiger partial charge is 0.311 e. The van der Waals surface area contributed by atoms with Crippen molar-refractivity contribution in [2.75, 3.05) is 14.2 Å². The van der Waals surface area contributed by atoms with E-state index in [0.717, 1.165) is 11.3 Å². The second-order valence-electron chi connectivity index (χ2n) is 4.30. The highest BCUT2D eigenvalue weighted by atomic mass is 16.6. The highest BCUT2D eigenvalue weighted by Crippen LogP contribution is 2.24. The molecule has 0 spiro atoms. The maximum atomic E-state index is 11.9. The number of nitrogens with zero attached hydrogens (tertiary/aromatic N) is 1. The lowest BCUT2D eigenvalue weighted by atomic mass is 10.1. The van der Waals surface area contributed by atoms with E-state index >= 15 is 0 Å². The summed E-state index contributed by atoms with van der Waals surface area (Å²) in [6, 6.07) is 10.9. The van der Waals surface area contributed by atoms with Crippen molar-refractivity contribution in [1.82, 2.24) is 4.98 Å². The van der Waals surface area contributed by atoms with Gasteiger partial charge >= 0.3 is 5.97 Å². The highest BCUT2D eigenvalue weighted by Gasteiger charge is 2.11. The number of carbonyl (C=O) groups is 1. The van der Waals surface area contributed by atoms with E-state index in [1.54, 1.807) is 25.4 Å². The summed E-state index contributed by atoms with van der Waals surface area (Å²) in [6.07, 6.45) is 2.37. The molecule has 0 saturated heterocycles. The van der Waals surface area contributed by atoms with Crippen LogP contribution in [0.2, 0.25) is 0 Å². The first-order valence-corrected chi connectivity index (χ1v) is 6.56. The molecule has 2 aromatic rings.